The first kappa shape index (κ1) is 15.1. The third kappa shape index (κ3) is 3.25. The maximum absolute atomic E-state index is 12.1. The van der Waals surface area contributed by atoms with Gasteiger partial charge in [-0.05, 0) is 56.5 Å². The molecule has 0 aliphatic carbocycles. The molecule has 0 saturated heterocycles. The van der Waals surface area contributed by atoms with Crippen LogP contribution in [0, 0.1) is 17.0 Å². The number of carbonyl (C=O) groups is 1. The first-order chi connectivity index (χ1) is 9.38. The molecule has 0 atom stereocenters. The lowest BCUT2D eigenvalue weighted by atomic mass is 10.1. The quantitative estimate of drug-likeness (QED) is 0.576. The van der Waals surface area contributed by atoms with Crippen molar-refractivity contribution in [3.63, 3.8) is 0 Å². The highest BCUT2D eigenvalue weighted by Gasteiger charge is 2.15. The van der Waals surface area contributed by atoms with Gasteiger partial charge in [-0.1, -0.05) is 0 Å². The Morgan fingerprint density at radius 3 is 2.55 bits per heavy atom. The average molecular weight is 420 g/mol. The van der Waals surface area contributed by atoms with Crippen molar-refractivity contribution in [1.82, 2.24) is 0 Å². The number of nitro benzene ring substituents is 1. The summed E-state index contributed by atoms with van der Waals surface area (Å²) in [5.41, 5.74) is 1.70. The first-order valence-electron chi connectivity index (χ1n) is 5.39. The second kappa shape index (κ2) is 6.02. The topological polar surface area (TPSA) is 72.2 Å². The van der Waals surface area contributed by atoms with Crippen LogP contribution >= 0.6 is 43.2 Å². The number of rotatable bonds is 3. The van der Waals surface area contributed by atoms with Crippen molar-refractivity contribution in [3.05, 3.63) is 53.1 Å². The summed E-state index contributed by atoms with van der Waals surface area (Å²) in [4.78, 5) is 22.3. The molecule has 0 fully saturated rings. The summed E-state index contributed by atoms with van der Waals surface area (Å²) in [5, 5.41) is 13.4. The fourth-order valence-electron chi connectivity index (χ4n) is 1.59. The number of carbonyl (C=O) groups excluding carboxylic acids is 1. The van der Waals surface area contributed by atoms with Crippen LogP contribution in [0.1, 0.15) is 15.9 Å². The number of nitrogens with zero attached hydrogens (tertiary/aromatic N) is 1. The highest BCUT2D eigenvalue weighted by atomic mass is 79.9. The van der Waals surface area contributed by atoms with E-state index in [1.165, 1.54) is 29.5 Å². The van der Waals surface area contributed by atoms with E-state index in [-0.39, 0.29) is 11.6 Å². The molecule has 1 heterocycles. The third-order valence-electron chi connectivity index (χ3n) is 2.57. The number of aryl methyl sites for hydroxylation is 1. The molecule has 5 nitrogen and oxygen atoms in total. The zero-order chi connectivity index (χ0) is 14.9. The zero-order valence-electron chi connectivity index (χ0n) is 10.1. The molecular weight excluding hydrogens is 412 g/mol. The molecule has 1 N–H and O–H groups in total. The Morgan fingerprint density at radius 2 is 2.05 bits per heavy atom. The predicted octanol–water partition coefficient (Wildman–Crippen LogP) is 4.74. The molecular formula is C12H8Br2N2O3S. The summed E-state index contributed by atoms with van der Waals surface area (Å²) in [5.74, 6) is -0.268. The van der Waals surface area contributed by atoms with Crippen LogP contribution < -0.4 is 5.32 Å². The van der Waals surface area contributed by atoms with Gasteiger partial charge in [0.1, 0.15) is 0 Å². The number of amides is 1. The zero-order valence-corrected chi connectivity index (χ0v) is 14.1. The Morgan fingerprint density at radius 1 is 1.35 bits per heavy atom. The number of thiophene rings is 1. The van der Waals surface area contributed by atoms with Gasteiger partial charge in [0.15, 0.2) is 0 Å². The van der Waals surface area contributed by atoms with Crippen molar-refractivity contribution in [3.8, 4) is 0 Å². The van der Waals surface area contributed by atoms with Crippen LogP contribution in [-0.2, 0) is 0 Å². The van der Waals surface area contributed by atoms with Crippen LogP contribution in [0.4, 0.5) is 11.4 Å². The number of nitro groups is 1. The van der Waals surface area contributed by atoms with Gasteiger partial charge >= 0.3 is 0 Å². The van der Waals surface area contributed by atoms with Gasteiger partial charge in [-0.25, -0.2) is 0 Å². The van der Waals surface area contributed by atoms with E-state index in [1.807, 2.05) is 0 Å². The van der Waals surface area contributed by atoms with Gasteiger partial charge in [-0.3, -0.25) is 14.9 Å². The number of hydrogen-bond donors (Lipinski definition) is 1. The molecule has 0 aliphatic rings. The Balaban J connectivity index is 2.24. The second-order valence-electron chi connectivity index (χ2n) is 3.95. The number of anilines is 1. The number of nitrogens with one attached hydrogen (secondary N) is 1. The number of non-ortho nitro benzene ring substituents is 1. The Bertz CT molecular complexity index is 700. The molecule has 8 heteroatoms. The van der Waals surface area contributed by atoms with Crippen molar-refractivity contribution in [2.75, 3.05) is 5.32 Å². The molecule has 20 heavy (non-hydrogen) atoms. The molecule has 104 valence electrons. The van der Waals surface area contributed by atoms with E-state index in [4.69, 9.17) is 0 Å². The molecule has 0 aliphatic heterocycles. The summed E-state index contributed by atoms with van der Waals surface area (Å²) >= 11 is 8.03. The minimum atomic E-state index is -0.467. The third-order valence-corrected chi connectivity index (χ3v) is 4.91. The summed E-state index contributed by atoms with van der Waals surface area (Å²) in [6, 6.07) is 6.03. The maximum Gasteiger partial charge on any atom is 0.269 e. The van der Waals surface area contributed by atoms with Crippen molar-refractivity contribution in [1.29, 1.82) is 0 Å². The van der Waals surface area contributed by atoms with Gasteiger partial charge in [0.05, 0.1) is 18.1 Å². The predicted molar refractivity (Wildman–Crippen MR) is 85.5 cm³/mol. The molecule has 0 saturated carbocycles. The second-order valence-corrected chi connectivity index (χ2v) is 7.70. The lowest BCUT2D eigenvalue weighted by molar-refractivity contribution is -0.384. The van der Waals surface area contributed by atoms with Crippen LogP contribution in [0.2, 0.25) is 0 Å². The van der Waals surface area contributed by atoms with Gasteiger partial charge in [0.2, 0.25) is 0 Å². The maximum atomic E-state index is 12.1. The van der Waals surface area contributed by atoms with Gasteiger partial charge in [-0.2, -0.15) is 0 Å². The number of benzene rings is 1. The van der Waals surface area contributed by atoms with E-state index in [1.54, 1.807) is 13.0 Å². The molecule has 1 aromatic carbocycles. The Hall–Kier alpha value is -1.25. The van der Waals surface area contributed by atoms with E-state index in [9.17, 15) is 14.9 Å². The summed E-state index contributed by atoms with van der Waals surface area (Å²) in [6.07, 6.45) is 0. The lowest BCUT2D eigenvalue weighted by Gasteiger charge is -2.07. The lowest BCUT2D eigenvalue weighted by Crippen LogP contribution is -2.12. The summed E-state index contributed by atoms with van der Waals surface area (Å²) in [7, 11) is 0. The van der Waals surface area contributed by atoms with Crippen LogP contribution in [0.15, 0.2) is 31.8 Å². The first-order valence-corrected chi connectivity index (χ1v) is 7.80. The monoisotopic (exact) mass is 418 g/mol. The largest absolute Gasteiger partial charge is 0.322 e. The van der Waals surface area contributed by atoms with Crippen LogP contribution in [-0.4, -0.2) is 10.8 Å². The SMILES string of the molecule is Cc1cc([N+](=O)[O-])ccc1NC(=O)c1cc(Br)sc1Br. The normalized spacial score (nSPS) is 10.3. The van der Waals surface area contributed by atoms with Crippen LogP contribution in [0.3, 0.4) is 0 Å². The molecule has 0 spiro atoms. The highest BCUT2D eigenvalue weighted by molar-refractivity contribution is 9.12. The smallest absolute Gasteiger partial charge is 0.269 e. The van der Waals surface area contributed by atoms with E-state index in [0.29, 0.717) is 16.8 Å². The summed E-state index contributed by atoms with van der Waals surface area (Å²) < 4.78 is 1.57. The molecule has 1 amide bonds. The van der Waals surface area contributed by atoms with Crippen molar-refractivity contribution >= 4 is 60.5 Å². The molecule has 0 unspecified atom stereocenters. The van der Waals surface area contributed by atoms with Gasteiger partial charge in [-0.15, -0.1) is 11.3 Å². The fraction of sp³-hybridized carbons (Fsp3) is 0.0833. The summed E-state index contributed by atoms with van der Waals surface area (Å²) in [6.45, 7) is 1.71. The number of halogens is 2. The molecule has 2 aromatic rings. The van der Waals surface area contributed by atoms with E-state index in [0.717, 1.165) is 7.57 Å². The molecule has 0 bridgehead atoms. The van der Waals surface area contributed by atoms with Crippen molar-refractivity contribution in [2.45, 2.75) is 6.92 Å². The molecule has 1 aromatic heterocycles. The Labute approximate surface area is 135 Å². The van der Waals surface area contributed by atoms with Gasteiger partial charge < -0.3 is 5.32 Å². The van der Waals surface area contributed by atoms with Gasteiger partial charge in [0, 0.05) is 17.8 Å². The van der Waals surface area contributed by atoms with E-state index in [2.05, 4.69) is 37.2 Å². The van der Waals surface area contributed by atoms with Crippen molar-refractivity contribution in [2.24, 2.45) is 0 Å². The highest BCUT2D eigenvalue weighted by Crippen LogP contribution is 2.32. The fourth-order valence-corrected chi connectivity index (χ4v) is 4.38. The Kier molecular flexibility index (Phi) is 4.56. The van der Waals surface area contributed by atoms with E-state index < -0.39 is 4.92 Å². The van der Waals surface area contributed by atoms with Crippen LogP contribution in [0.25, 0.3) is 0 Å². The standard InChI is InChI=1S/C12H8Br2N2O3S/c1-6-4-7(16(18)19)2-3-9(6)15-12(17)8-5-10(13)20-11(8)14/h2-5H,1H3,(H,15,17). The molecule has 0 radical (unpaired) electrons. The minimum Gasteiger partial charge on any atom is -0.322 e. The molecule has 2 rings (SSSR count). The van der Waals surface area contributed by atoms with Crippen molar-refractivity contribution < 1.29 is 9.72 Å². The van der Waals surface area contributed by atoms with Crippen LogP contribution in [0.5, 0.6) is 0 Å². The average Bonchev–Trinajstić information content (AvgIpc) is 2.70. The number of hydrogen-bond acceptors (Lipinski definition) is 4. The van der Waals surface area contributed by atoms with Gasteiger partial charge in [0.25, 0.3) is 11.6 Å². The minimum absolute atomic E-state index is 0.0000395. The van der Waals surface area contributed by atoms with E-state index >= 15 is 0 Å².